The summed E-state index contributed by atoms with van der Waals surface area (Å²) in [5.41, 5.74) is 0.733. The summed E-state index contributed by atoms with van der Waals surface area (Å²) >= 11 is 0. The number of rotatable bonds is 4. The molecular formula is C16H23FO. The number of benzene rings is 1. The first-order valence-corrected chi connectivity index (χ1v) is 7.14. The van der Waals surface area contributed by atoms with Crippen molar-refractivity contribution in [2.45, 2.75) is 51.6 Å². The molecule has 2 rings (SSSR count). The molecule has 0 aromatic heterocycles. The first-order valence-electron chi connectivity index (χ1n) is 7.14. The Morgan fingerprint density at radius 3 is 2.94 bits per heavy atom. The molecule has 0 amide bonds. The van der Waals surface area contributed by atoms with E-state index in [1.807, 2.05) is 6.07 Å². The molecule has 2 heteroatoms. The van der Waals surface area contributed by atoms with E-state index in [1.165, 1.54) is 37.8 Å². The van der Waals surface area contributed by atoms with Gasteiger partial charge in [-0.15, -0.1) is 0 Å². The van der Waals surface area contributed by atoms with Gasteiger partial charge in [-0.25, -0.2) is 4.39 Å². The molecule has 0 unspecified atom stereocenters. The predicted molar refractivity (Wildman–Crippen MR) is 71.7 cm³/mol. The van der Waals surface area contributed by atoms with Gasteiger partial charge in [0.1, 0.15) is 5.82 Å². The van der Waals surface area contributed by atoms with E-state index in [0.717, 1.165) is 24.3 Å². The van der Waals surface area contributed by atoms with Crippen LogP contribution in [0.3, 0.4) is 0 Å². The lowest BCUT2D eigenvalue weighted by molar-refractivity contribution is 0.0665. The van der Waals surface area contributed by atoms with Gasteiger partial charge in [0.05, 0.1) is 6.10 Å². The van der Waals surface area contributed by atoms with Crippen LogP contribution in [-0.2, 0) is 0 Å². The van der Waals surface area contributed by atoms with Crippen LogP contribution in [-0.4, -0.2) is 5.11 Å². The number of aliphatic hydroxyl groups is 1. The molecule has 1 saturated carbocycles. The van der Waals surface area contributed by atoms with Gasteiger partial charge >= 0.3 is 0 Å². The molecule has 1 fully saturated rings. The second-order valence-electron chi connectivity index (χ2n) is 5.58. The van der Waals surface area contributed by atoms with Crippen LogP contribution in [0.15, 0.2) is 24.3 Å². The van der Waals surface area contributed by atoms with Crippen molar-refractivity contribution in [2.24, 2.45) is 11.8 Å². The monoisotopic (exact) mass is 250 g/mol. The molecule has 0 saturated heterocycles. The van der Waals surface area contributed by atoms with Crippen molar-refractivity contribution in [3.8, 4) is 0 Å². The number of hydrogen-bond acceptors (Lipinski definition) is 1. The minimum Gasteiger partial charge on any atom is -0.388 e. The van der Waals surface area contributed by atoms with Gasteiger partial charge in [0.15, 0.2) is 0 Å². The van der Waals surface area contributed by atoms with E-state index in [-0.39, 0.29) is 5.82 Å². The minimum atomic E-state index is -0.500. The Morgan fingerprint density at radius 1 is 1.39 bits per heavy atom. The quantitative estimate of drug-likeness (QED) is 0.836. The third kappa shape index (κ3) is 3.32. The maximum atomic E-state index is 13.2. The van der Waals surface area contributed by atoms with Gasteiger partial charge in [-0.05, 0) is 42.4 Å². The van der Waals surface area contributed by atoms with E-state index in [2.05, 4.69) is 6.92 Å². The second kappa shape index (κ2) is 6.33. The third-order valence-corrected chi connectivity index (χ3v) is 4.16. The predicted octanol–water partition coefficient (Wildman–Crippen LogP) is 4.47. The smallest absolute Gasteiger partial charge is 0.123 e. The maximum absolute atomic E-state index is 13.2. The Bertz CT molecular complexity index is 375. The van der Waals surface area contributed by atoms with E-state index < -0.39 is 6.10 Å². The summed E-state index contributed by atoms with van der Waals surface area (Å²) in [5.74, 6) is 0.793. The molecule has 1 nitrogen and oxygen atoms in total. The first-order chi connectivity index (χ1) is 8.70. The lowest BCUT2D eigenvalue weighted by Gasteiger charge is -2.32. The molecule has 1 aromatic carbocycles. The summed E-state index contributed by atoms with van der Waals surface area (Å²) in [6.45, 7) is 2.21. The highest BCUT2D eigenvalue weighted by Gasteiger charge is 2.27. The van der Waals surface area contributed by atoms with Gasteiger partial charge in [-0.2, -0.15) is 0 Å². The van der Waals surface area contributed by atoms with Crippen LogP contribution in [0.1, 0.15) is 57.1 Å². The van der Waals surface area contributed by atoms with Gasteiger partial charge in [-0.1, -0.05) is 44.7 Å². The number of aliphatic hydroxyl groups excluding tert-OH is 1. The van der Waals surface area contributed by atoms with Crippen LogP contribution in [0.25, 0.3) is 0 Å². The van der Waals surface area contributed by atoms with E-state index in [4.69, 9.17) is 0 Å². The van der Waals surface area contributed by atoms with Crippen molar-refractivity contribution in [3.63, 3.8) is 0 Å². The average Bonchev–Trinajstić information content (AvgIpc) is 2.39. The Morgan fingerprint density at radius 2 is 2.22 bits per heavy atom. The van der Waals surface area contributed by atoms with Crippen LogP contribution in [0.2, 0.25) is 0 Å². The Balaban J connectivity index is 2.02. The first kappa shape index (κ1) is 13.5. The van der Waals surface area contributed by atoms with Crippen molar-refractivity contribution >= 4 is 0 Å². The van der Waals surface area contributed by atoms with Gasteiger partial charge in [0.25, 0.3) is 0 Å². The van der Waals surface area contributed by atoms with Crippen molar-refractivity contribution in [2.75, 3.05) is 0 Å². The van der Waals surface area contributed by atoms with E-state index in [9.17, 15) is 9.50 Å². The molecule has 0 radical (unpaired) electrons. The molecule has 1 aliphatic carbocycles. The zero-order chi connectivity index (χ0) is 13.0. The zero-order valence-corrected chi connectivity index (χ0v) is 11.1. The van der Waals surface area contributed by atoms with Crippen molar-refractivity contribution < 1.29 is 9.50 Å². The molecule has 1 aliphatic rings. The summed E-state index contributed by atoms with van der Waals surface area (Å²) in [7, 11) is 0. The standard InChI is InChI=1S/C16H23FO/c1-2-5-12-6-3-7-13(10-12)16(18)14-8-4-9-15(17)11-14/h4,8-9,11-13,16,18H,2-3,5-7,10H2,1H3/t12-,13+,16-/m0/s1. The van der Waals surface area contributed by atoms with Crippen molar-refractivity contribution in [1.29, 1.82) is 0 Å². The zero-order valence-electron chi connectivity index (χ0n) is 11.1. The summed E-state index contributed by atoms with van der Waals surface area (Å²) in [6.07, 6.45) is 6.62. The summed E-state index contributed by atoms with van der Waals surface area (Å²) in [6, 6.07) is 6.41. The Labute approximate surface area is 109 Å². The van der Waals surface area contributed by atoms with Crippen LogP contribution in [0.5, 0.6) is 0 Å². The van der Waals surface area contributed by atoms with Crippen LogP contribution in [0.4, 0.5) is 4.39 Å². The Kier molecular flexibility index (Phi) is 4.76. The molecule has 0 aliphatic heterocycles. The fourth-order valence-electron chi connectivity index (χ4n) is 3.25. The fourth-order valence-corrected chi connectivity index (χ4v) is 3.25. The van der Waals surface area contributed by atoms with Gasteiger partial charge < -0.3 is 5.11 Å². The van der Waals surface area contributed by atoms with Gasteiger partial charge in [-0.3, -0.25) is 0 Å². The molecule has 1 N–H and O–H groups in total. The van der Waals surface area contributed by atoms with Crippen LogP contribution >= 0.6 is 0 Å². The van der Waals surface area contributed by atoms with E-state index in [1.54, 1.807) is 6.07 Å². The normalized spacial score (nSPS) is 25.9. The fraction of sp³-hybridized carbons (Fsp3) is 0.625. The van der Waals surface area contributed by atoms with Crippen LogP contribution < -0.4 is 0 Å². The SMILES string of the molecule is CCC[C@H]1CCC[C@@H]([C@H](O)c2cccc(F)c2)C1. The Hall–Kier alpha value is -0.890. The molecule has 0 heterocycles. The highest BCUT2D eigenvalue weighted by atomic mass is 19.1. The van der Waals surface area contributed by atoms with Crippen molar-refractivity contribution in [1.82, 2.24) is 0 Å². The molecule has 0 spiro atoms. The number of halogens is 1. The molecular weight excluding hydrogens is 227 g/mol. The summed E-state index contributed by atoms with van der Waals surface area (Å²) < 4.78 is 13.2. The van der Waals surface area contributed by atoms with E-state index in [0.29, 0.717) is 5.92 Å². The molecule has 3 atom stereocenters. The molecule has 0 bridgehead atoms. The maximum Gasteiger partial charge on any atom is 0.123 e. The molecule has 100 valence electrons. The molecule has 1 aromatic rings. The lowest BCUT2D eigenvalue weighted by Crippen LogP contribution is -2.21. The largest absolute Gasteiger partial charge is 0.388 e. The second-order valence-corrected chi connectivity index (χ2v) is 5.58. The average molecular weight is 250 g/mol. The topological polar surface area (TPSA) is 20.2 Å². The molecule has 18 heavy (non-hydrogen) atoms. The van der Waals surface area contributed by atoms with E-state index >= 15 is 0 Å². The van der Waals surface area contributed by atoms with Crippen molar-refractivity contribution in [3.05, 3.63) is 35.6 Å². The highest BCUT2D eigenvalue weighted by Crippen LogP contribution is 2.38. The third-order valence-electron chi connectivity index (χ3n) is 4.16. The minimum absolute atomic E-state index is 0.257. The highest BCUT2D eigenvalue weighted by molar-refractivity contribution is 5.19. The van der Waals surface area contributed by atoms with Gasteiger partial charge in [0, 0.05) is 0 Å². The summed E-state index contributed by atoms with van der Waals surface area (Å²) in [5, 5.41) is 10.4. The lowest BCUT2D eigenvalue weighted by atomic mass is 9.76. The van der Waals surface area contributed by atoms with Gasteiger partial charge in [0.2, 0.25) is 0 Å². The number of hydrogen-bond donors (Lipinski definition) is 1. The van der Waals surface area contributed by atoms with Crippen LogP contribution in [0, 0.1) is 17.7 Å². The summed E-state index contributed by atoms with van der Waals surface area (Å²) in [4.78, 5) is 0.